The summed E-state index contributed by atoms with van der Waals surface area (Å²) in [5.41, 5.74) is 0.760. The maximum absolute atomic E-state index is 12.8. The number of carbonyl (C=O) groups excluding carboxylic acids is 2. The summed E-state index contributed by atoms with van der Waals surface area (Å²) >= 11 is 5.52. The number of amides is 2. The number of anilines is 1. The van der Waals surface area contributed by atoms with Crippen LogP contribution in [0, 0.1) is 6.92 Å². The van der Waals surface area contributed by atoms with E-state index in [1.807, 2.05) is 19.1 Å². The molecule has 0 aromatic heterocycles. The lowest BCUT2D eigenvalue weighted by molar-refractivity contribution is -0.137. The van der Waals surface area contributed by atoms with Gasteiger partial charge in [-0.15, -0.1) is 0 Å². The number of hydrogen-bond donors (Lipinski definition) is 2. The quantitative estimate of drug-likeness (QED) is 0.819. The molecule has 2 aromatic carbocycles. The zero-order chi connectivity index (χ0) is 19.3. The van der Waals surface area contributed by atoms with Crippen molar-refractivity contribution in [2.45, 2.75) is 19.5 Å². The molecule has 0 spiro atoms. The largest absolute Gasteiger partial charge is 0.417 e. The molecule has 0 saturated carbocycles. The molecule has 138 valence electrons. The third-order valence-corrected chi connectivity index (χ3v) is 3.82. The van der Waals surface area contributed by atoms with E-state index in [1.54, 1.807) is 12.1 Å². The standard InChI is InChI=1S/C18H16ClF3N2O2/c1-11-2-4-12(5-3-11)8-16(25)23-10-17(26)24-13-6-7-15(19)14(9-13)18(20,21)22/h2-7,9H,8,10H2,1H3,(H,23,25)(H,24,26). The first-order valence-electron chi connectivity index (χ1n) is 7.64. The minimum atomic E-state index is -4.62. The average Bonchev–Trinajstić information content (AvgIpc) is 2.56. The fraction of sp³-hybridized carbons (Fsp3) is 0.222. The van der Waals surface area contributed by atoms with Gasteiger partial charge in [-0.1, -0.05) is 41.4 Å². The van der Waals surface area contributed by atoms with Crippen molar-refractivity contribution in [1.29, 1.82) is 0 Å². The molecular weight excluding hydrogens is 369 g/mol. The summed E-state index contributed by atoms with van der Waals surface area (Å²) in [6.45, 7) is 1.57. The Balaban J connectivity index is 1.89. The molecule has 0 aliphatic heterocycles. The maximum atomic E-state index is 12.8. The van der Waals surface area contributed by atoms with Crippen molar-refractivity contribution in [2.24, 2.45) is 0 Å². The maximum Gasteiger partial charge on any atom is 0.417 e. The van der Waals surface area contributed by atoms with Crippen molar-refractivity contribution in [3.05, 3.63) is 64.2 Å². The monoisotopic (exact) mass is 384 g/mol. The highest BCUT2D eigenvalue weighted by molar-refractivity contribution is 6.31. The predicted octanol–water partition coefficient (Wildman–Crippen LogP) is 3.96. The second-order valence-electron chi connectivity index (χ2n) is 5.68. The van der Waals surface area contributed by atoms with Crippen LogP contribution in [-0.4, -0.2) is 18.4 Å². The molecular formula is C18H16ClF3N2O2. The molecule has 2 aromatic rings. The van der Waals surface area contributed by atoms with Gasteiger partial charge in [0.2, 0.25) is 11.8 Å². The predicted molar refractivity (Wildman–Crippen MR) is 93.0 cm³/mol. The molecule has 2 amide bonds. The normalized spacial score (nSPS) is 11.1. The van der Waals surface area contributed by atoms with Gasteiger partial charge in [-0.2, -0.15) is 13.2 Å². The van der Waals surface area contributed by atoms with Crippen LogP contribution in [0.5, 0.6) is 0 Å². The lowest BCUT2D eigenvalue weighted by Gasteiger charge is -2.12. The Morgan fingerprint density at radius 3 is 2.31 bits per heavy atom. The summed E-state index contributed by atoms with van der Waals surface area (Å²) < 4.78 is 38.4. The van der Waals surface area contributed by atoms with Gasteiger partial charge in [0.25, 0.3) is 0 Å². The van der Waals surface area contributed by atoms with Crippen LogP contribution in [0.3, 0.4) is 0 Å². The number of rotatable bonds is 5. The van der Waals surface area contributed by atoms with Gasteiger partial charge in [0.15, 0.2) is 0 Å². The third-order valence-electron chi connectivity index (χ3n) is 3.49. The number of hydrogen-bond acceptors (Lipinski definition) is 2. The van der Waals surface area contributed by atoms with Crippen LogP contribution in [-0.2, 0) is 22.2 Å². The first-order valence-corrected chi connectivity index (χ1v) is 8.02. The van der Waals surface area contributed by atoms with E-state index in [0.717, 1.165) is 23.3 Å². The summed E-state index contributed by atoms with van der Waals surface area (Å²) in [6, 6.07) is 10.4. The molecule has 0 unspecified atom stereocenters. The van der Waals surface area contributed by atoms with Gasteiger partial charge in [0.05, 0.1) is 23.6 Å². The second kappa shape index (κ2) is 8.23. The smallest absolute Gasteiger partial charge is 0.347 e. The zero-order valence-electron chi connectivity index (χ0n) is 13.8. The van der Waals surface area contributed by atoms with Gasteiger partial charge in [-0.05, 0) is 30.7 Å². The van der Waals surface area contributed by atoms with E-state index < -0.39 is 22.7 Å². The number of benzene rings is 2. The molecule has 0 aliphatic carbocycles. The fourth-order valence-corrected chi connectivity index (χ4v) is 2.38. The molecule has 0 saturated heterocycles. The van der Waals surface area contributed by atoms with E-state index in [9.17, 15) is 22.8 Å². The van der Waals surface area contributed by atoms with Crippen molar-refractivity contribution >= 4 is 29.1 Å². The van der Waals surface area contributed by atoms with E-state index in [-0.39, 0.29) is 24.6 Å². The van der Waals surface area contributed by atoms with Crippen molar-refractivity contribution in [3.63, 3.8) is 0 Å². The van der Waals surface area contributed by atoms with Crippen molar-refractivity contribution in [1.82, 2.24) is 5.32 Å². The number of aryl methyl sites for hydroxylation is 1. The van der Waals surface area contributed by atoms with Gasteiger partial charge in [-0.25, -0.2) is 0 Å². The van der Waals surface area contributed by atoms with E-state index in [1.165, 1.54) is 6.07 Å². The minimum absolute atomic E-state index is 0.0560. The lowest BCUT2D eigenvalue weighted by Crippen LogP contribution is -2.33. The van der Waals surface area contributed by atoms with Crippen molar-refractivity contribution in [3.8, 4) is 0 Å². The Bertz CT molecular complexity index is 805. The van der Waals surface area contributed by atoms with Gasteiger partial charge in [0.1, 0.15) is 0 Å². The average molecular weight is 385 g/mol. The molecule has 0 heterocycles. The molecule has 8 heteroatoms. The van der Waals surface area contributed by atoms with Gasteiger partial charge < -0.3 is 10.6 Å². The first kappa shape index (κ1) is 19.8. The molecule has 0 bridgehead atoms. The Labute approximate surface area is 153 Å². The minimum Gasteiger partial charge on any atom is -0.347 e. The molecule has 2 N–H and O–H groups in total. The lowest BCUT2D eigenvalue weighted by atomic mass is 10.1. The number of halogens is 4. The van der Waals surface area contributed by atoms with E-state index in [0.29, 0.717) is 0 Å². The molecule has 26 heavy (non-hydrogen) atoms. The van der Waals surface area contributed by atoms with Gasteiger partial charge in [-0.3, -0.25) is 9.59 Å². The molecule has 0 fully saturated rings. The Morgan fingerprint density at radius 1 is 1.04 bits per heavy atom. The SMILES string of the molecule is Cc1ccc(CC(=O)NCC(=O)Nc2ccc(Cl)c(C(F)(F)F)c2)cc1. The molecule has 0 atom stereocenters. The number of carbonyl (C=O) groups is 2. The molecule has 4 nitrogen and oxygen atoms in total. The van der Waals surface area contributed by atoms with Crippen LogP contribution in [0.1, 0.15) is 16.7 Å². The Kier molecular flexibility index (Phi) is 6.26. The highest BCUT2D eigenvalue weighted by atomic mass is 35.5. The summed E-state index contributed by atoms with van der Waals surface area (Å²) in [4.78, 5) is 23.6. The number of nitrogens with one attached hydrogen (secondary N) is 2. The Hall–Kier alpha value is -2.54. The van der Waals surface area contributed by atoms with Crippen LogP contribution in [0.2, 0.25) is 5.02 Å². The first-order chi connectivity index (χ1) is 12.1. The fourth-order valence-electron chi connectivity index (χ4n) is 2.16. The second-order valence-corrected chi connectivity index (χ2v) is 6.09. The highest BCUT2D eigenvalue weighted by Crippen LogP contribution is 2.36. The van der Waals surface area contributed by atoms with Crippen LogP contribution in [0.25, 0.3) is 0 Å². The summed E-state index contributed by atoms with van der Waals surface area (Å²) in [5.74, 6) is -1.01. The van der Waals surface area contributed by atoms with E-state index in [4.69, 9.17) is 11.6 Å². The number of alkyl halides is 3. The third kappa shape index (κ3) is 5.77. The van der Waals surface area contributed by atoms with Crippen LogP contribution in [0.15, 0.2) is 42.5 Å². The van der Waals surface area contributed by atoms with E-state index in [2.05, 4.69) is 10.6 Å². The summed E-state index contributed by atoms with van der Waals surface area (Å²) in [6.07, 6.45) is -4.52. The van der Waals surface area contributed by atoms with Gasteiger partial charge in [0, 0.05) is 5.69 Å². The summed E-state index contributed by atoms with van der Waals surface area (Å²) in [7, 11) is 0. The van der Waals surface area contributed by atoms with Crippen molar-refractivity contribution in [2.75, 3.05) is 11.9 Å². The summed E-state index contributed by atoms with van der Waals surface area (Å²) in [5, 5.41) is 4.26. The van der Waals surface area contributed by atoms with Crippen LogP contribution < -0.4 is 10.6 Å². The van der Waals surface area contributed by atoms with E-state index >= 15 is 0 Å². The molecule has 0 radical (unpaired) electrons. The zero-order valence-corrected chi connectivity index (χ0v) is 14.5. The van der Waals surface area contributed by atoms with Crippen molar-refractivity contribution < 1.29 is 22.8 Å². The molecule has 0 aliphatic rings. The topological polar surface area (TPSA) is 58.2 Å². The Morgan fingerprint density at radius 2 is 1.69 bits per heavy atom. The van der Waals surface area contributed by atoms with Crippen LogP contribution in [0.4, 0.5) is 18.9 Å². The highest BCUT2D eigenvalue weighted by Gasteiger charge is 2.33. The van der Waals surface area contributed by atoms with Gasteiger partial charge >= 0.3 is 6.18 Å². The molecule has 2 rings (SSSR count). The van der Waals surface area contributed by atoms with Crippen LogP contribution >= 0.6 is 11.6 Å².